The van der Waals surface area contributed by atoms with Crippen molar-refractivity contribution in [2.45, 2.75) is 39.2 Å². The number of ether oxygens (including phenoxy) is 1. The van der Waals surface area contributed by atoms with Gasteiger partial charge < -0.3 is 15.0 Å². The van der Waals surface area contributed by atoms with Crippen LogP contribution in [0.25, 0.3) is 0 Å². The van der Waals surface area contributed by atoms with Crippen molar-refractivity contribution in [2.75, 3.05) is 31.1 Å². The fraction of sp³-hybridized carbons (Fsp3) is 0.440. The summed E-state index contributed by atoms with van der Waals surface area (Å²) in [5, 5.41) is 3.75. The van der Waals surface area contributed by atoms with Gasteiger partial charge in [-0.25, -0.2) is 4.79 Å². The largest absolute Gasteiger partial charge is 0.487 e. The minimum Gasteiger partial charge on any atom is -0.487 e. The molecule has 0 aromatic heterocycles. The van der Waals surface area contributed by atoms with Crippen LogP contribution >= 0.6 is 11.6 Å². The van der Waals surface area contributed by atoms with Crippen molar-refractivity contribution < 1.29 is 14.3 Å². The van der Waals surface area contributed by atoms with Gasteiger partial charge in [-0.2, -0.15) is 0 Å². The number of likely N-dealkylation sites (tertiary alicyclic amines) is 1. The highest BCUT2D eigenvalue weighted by molar-refractivity contribution is 6.30. The molecular weight excluding hydrogens is 426 g/mol. The first-order valence-electron chi connectivity index (χ1n) is 11.3. The third-order valence-corrected chi connectivity index (χ3v) is 6.34. The molecule has 0 unspecified atom stereocenters. The molecule has 2 aliphatic rings. The van der Waals surface area contributed by atoms with E-state index in [1.165, 1.54) is 0 Å². The average Bonchev–Trinajstić information content (AvgIpc) is 2.79. The molecule has 0 radical (unpaired) electrons. The number of halogens is 1. The van der Waals surface area contributed by atoms with E-state index < -0.39 is 0 Å². The first-order valence-corrected chi connectivity index (χ1v) is 11.6. The molecule has 2 aliphatic heterocycles. The number of piperidine rings is 1. The SMILES string of the molecule is Cc1ccc2c(c1)N(C(=O)N1CCC[C@@H](C(=O)NCCc3ccc(Cl)cc3)C1)C[C@H](C)O2. The number of hydrogen-bond donors (Lipinski definition) is 1. The van der Waals surface area contributed by atoms with Crippen LogP contribution in [0.3, 0.4) is 0 Å². The van der Waals surface area contributed by atoms with Crippen LogP contribution in [0.15, 0.2) is 42.5 Å². The summed E-state index contributed by atoms with van der Waals surface area (Å²) >= 11 is 5.92. The Kier molecular flexibility index (Phi) is 6.89. The topological polar surface area (TPSA) is 61.9 Å². The number of hydrogen-bond acceptors (Lipinski definition) is 3. The summed E-state index contributed by atoms with van der Waals surface area (Å²) in [7, 11) is 0. The third kappa shape index (κ3) is 5.18. The van der Waals surface area contributed by atoms with Crippen molar-refractivity contribution in [1.29, 1.82) is 0 Å². The van der Waals surface area contributed by atoms with Crippen LogP contribution in [-0.2, 0) is 11.2 Å². The van der Waals surface area contributed by atoms with Gasteiger partial charge in [0.25, 0.3) is 0 Å². The highest BCUT2D eigenvalue weighted by Gasteiger charge is 2.34. The molecule has 1 saturated heterocycles. The van der Waals surface area contributed by atoms with Gasteiger partial charge in [-0.15, -0.1) is 0 Å². The molecule has 0 aliphatic carbocycles. The summed E-state index contributed by atoms with van der Waals surface area (Å²) in [6.07, 6.45) is 2.29. The molecule has 32 heavy (non-hydrogen) atoms. The van der Waals surface area contributed by atoms with Gasteiger partial charge in [0.1, 0.15) is 11.9 Å². The van der Waals surface area contributed by atoms with E-state index in [-0.39, 0.29) is 24.0 Å². The maximum Gasteiger partial charge on any atom is 0.324 e. The maximum atomic E-state index is 13.4. The van der Waals surface area contributed by atoms with E-state index >= 15 is 0 Å². The maximum absolute atomic E-state index is 13.4. The van der Waals surface area contributed by atoms with Gasteiger partial charge in [-0.1, -0.05) is 29.8 Å². The zero-order valence-electron chi connectivity index (χ0n) is 18.6. The fourth-order valence-electron chi connectivity index (χ4n) is 4.39. The Morgan fingerprint density at radius 3 is 2.72 bits per heavy atom. The zero-order valence-corrected chi connectivity index (χ0v) is 19.4. The van der Waals surface area contributed by atoms with Crippen molar-refractivity contribution in [3.63, 3.8) is 0 Å². The number of rotatable bonds is 4. The molecule has 3 amide bonds. The highest BCUT2D eigenvalue weighted by Crippen LogP contribution is 2.35. The molecule has 170 valence electrons. The second-order valence-corrected chi connectivity index (χ2v) is 9.18. The lowest BCUT2D eigenvalue weighted by molar-refractivity contribution is -0.126. The number of nitrogens with zero attached hydrogens (tertiary/aromatic N) is 2. The second kappa shape index (κ2) is 9.82. The third-order valence-electron chi connectivity index (χ3n) is 6.09. The summed E-state index contributed by atoms with van der Waals surface area (Å²) in [5.74, 6) is 0.563. The molecule has 6 nitrogen and oxygen atoms in total. The number of nitrogens with one attached hydrogen (secondary N) is 1. The van der Waals surface area contributed by atoms with Crippen molar-refractivity contribution in [2.24, 2.45) is 5.92 Å². The van der Waals surface area contributed by atoms with Gasteiger partial charge in [-0.05, 0) is 68.5 Å². The molecule has 7 heteroatoms. The van der Waals surface area contributed by atoms with Crippen molar-refractivity contribution >= 4 is 29.2 Å². The van der Waals surface area contributed by atoms with Gasteiger partial charge in [-0.3, -0.25) is 9.69 Å². The second-order valence-electron chi connectivity index (χ2n) is 8.75. The Balaban J connectivity index is 1.36. The number of anilines is 1. The van der Waals surface area contributed by atoms with E-state index in [2.05, 4.69) is 5.32 Å². The first kappa shape index (κ1) is 22.5. The molecule has 2 aromatic rings. The van der Waals surface area contributed by atoms with Crippen LogP contribution in [0.5, 0.6) is 5.75 Å². The number of benzene rings is 2. The number of aryl methyl sites for hydroxylation is 1. The Labute approximate surface area is 194 Å². The lowest BCUT2D eigenvalue weighted by atomic mass is 9.97. The monoisotopic (exact) mass is 455 g/mol. The van der Waals surface area contributed by atoms with Gasteiger partial charge >= 0.3 is 6.03 Å². The summed E-state index contributed by atoms with van der Waals surface area (Å²) in [6, 6.07) is 13.5. The Morgan fingerprint density at radius 1 is 1.16 bits per heavy atom. The van der Waals surface area contributed by atoms with Crippen LogP contribution in [0.1, 0.15) is 30.9 Å². The molecule has 0 saturated carbocycles. The van der Waals surface area contributed by atoms with Gasteiger partial charge in [0, 0.05) is 24.7 Å². The van der Waals surface area contributed by atoms with Crippen LogP contribution in [0.4, 0.5) is 10.5 Å². The number of carbonyl (C=O) groups excluding carboxylic acids is 2. The number of urea groups is 1. The minimum absolute atomic E-state index is 0.0167. The van der Waals surface area contributed by atoms with E-state index in [1.54, 1.807) is 4.90 Å². The van der Waals surface area contributed by atoms with Gasteiger partial charge in [0.15, 0.2) is 0 Å². The number of amides is 3. The minimum atomic E-state index is -0.187. The van der Waals surface area contributed by atoms with E-state index in [1.807, 2.05) is 61.2 Å². The molecule has 4 rings (SSSR count). The van der Waals surface area contributed by atoms with E-state index in [4.69, 9.17) is 16.3 Å². The van der Waals surface area contributed by atoms with Crippen molar-refractivity contribution in [1.82, 2.24) is 10.2 Å². The lowest BCUT2D eigenvalue weighted by Crippen LogP contribution is -2.53. The van der Waals surface area contributed by atoms with Crippen LogP contribution < -0.4 is 15.0 Å². The quantitative estimate of drug-likeness (QED) is 0.742. The van der Waals surface area contributed by atoms with Crippen LogP contribution in [0.2, 0.25) is 5.02 Å². The Hall–Kier alpha value is -2.73. The number of fused-ring (bicyclic) bond motifs is 1. The number of carbonyl (C=O) groups is 2. The van der Waals surface area contributed by atoms with Crippen molar-refractivity contribution in [3.05, 3.63) is 58.6 Å². The Morgan fingerprint density at radius 2 is 1.94 bits per heavy atom. The van der Waals surface area contributed by atoms with Crippen molar-refractivity contribution in [3.8, 4) is 5.75 Å². The summed E-state index contributed by atoms with van der Waals surface area (Å²) in [5.41, 5.74) is 3.02. The predicted octanol–water partition coefficient (Wildman–Crippen LogP) is 4.43. The highest BCUT2D eigenvalue weighted by atomic mass is 35.5. The normalized spacial score (nSPS) is 20.3. The molecule has 2 atom stereocenters. The fourth-order valence-corrected chi connectivity index (χ4v) is 4.52. The smallest absolute Gasteiger partial charge is 0.324 e. The average molecular weight is 456 g/mol. The predicted molar refractivity (Wildman–Crippen MR) is 126 cm³/mol. The standard InChI is InChI=1S/C25H30ClN3O3/c1-17-5-10-23-22(14-17)29(15-18(2)32-23)25(31)28-13-3-4-20(16-28)24(30)27-12-11-19-6-8-21(26)9-7-19/h5-10,14,18,20H,3-4,11-13,15-16H2,1-2H3,(H,27,30)/t18-,20+/m0/s1. The van der Waals surface area contributed by atoms with Gasteiger partial charge in [0.05, 0.1) is 18.2 Å². The molecule has 1 N–H and O–H groups in total. The lowest BCUT2D eigenvalue weighted by Gasteiger charge is -2.39. The van der Waals surface area contributed by atoms with Crippen LogP contribution in [-0.4, -0.2) is 49.1 Å². The van der Waals surface area contributed by atoms with E-state index in [9.17, 15) is 9.59 Å². The van der Waals surface area contributed by atoms with E-state index in [0.717, 1.165) is 41.8 Å². The van der Waals surface area contributed by atoms with Crippen LogP contribution in [0, 0.1) is 12.8 Å². The molecule has 2 heterocycles. The molecular formula is C25H30ClN3O3. The van der Waals surface area contributed by atoms with Gasteiger partial charge in [0.2, 0.25) is 5.91 Å². The van der Waals surface area contributed by atoms with E-state index in [0.29, 0.717) is 31.2 Å². The Bertz CT molecular complexity index is 979. The first-order chi connectivity index (χ1) is 15.4. The molecule has 2 aromatic carbocycles. The molecule has 0 bridgehead atoms. The summed E-state index contributed by atoms with van der Waals surface area (Å²) in [6.45, 7) is 6.16. The zero-order chi connectivity index (χ0) is 22.7. The summed E-state index contributed by atoms with van der Waals surface area (Å²) in [4.78, 5) is 29.8. The summed E-state index contributed by atoms with van der Waals surface area (Å²) < 4.78 is 5.92. The molecule has 0 spiro atoms. The molecule has 1 fully saturated rings.